The van der Waals surface area contributed by atoms with Crippen molar-refractivity contribution in [3.63, 3.8) is 0 Å². The second kappa shape index (κ2) is 7.72. The number of benzene rings is 2. The topological polar surface area (TPSA) is 55.1 Å². The van der Waals surface area contributed by atoms with E-state index in [2.05, 4.69) is 5.32 Å². The SMILES string of the molecule is NC[C@@H]1CCS[C@H](c2cccc(-c3cccc(C(F)(F)F)c3)c2)C(=O)N1. The van der Waals surface area contributed by atoms with E-state index in [1.807, 2.05) is 6.07 Å². The standard InChI is InChI=1S/C19H19F3N2OS/c20-19(21,22)15-6-2-4-13(10-15)12-3-1-5-14(9-12)17-18(25)24-16(11-23)7-8-26-17/h1-6,9-10,16-17H,7-8,11,23H2,(H,24,25)/t16-,17+/m0/s1. The van der Waals surface area contributed by atoms with Gasteiger partial charge in [0.15, 0.2) is 0 Å². The van der Waals surface area contributed by atoms with E-state index in [-0.39, 0.29) is 11.9 Å². The summed E-state index contributed by atoms with van der Waals surface area (Å²) >= 11 is 1.53. The van der Waals surface area contributed by atoms with Gasteiger partial charge in [-0.15, -0.1) is 11.8 Å². The van der Waals surface area contributed by atoms with Crippen LogP contribution in [-0.4, -0.2) is 24.2 Å². The fourth-order valence-electron chi connectivity index (χ4n) is 2.93. The van der Waals surface area contributed by atoms with Crippen LogP contribution in [0.1, 0.15) is 22.8 Å². The summed E-state index contributed by atoms with van der Waals surface area (Å²) in [4.78, 5) is 12.5. The number of hydrogen-bond donors (Lipinski definition) is 2. The highest BCUT2D eigenvalue weighted by atomic mass is 32.2. The van der Waals surface area contributed by atoms with E-state index in [9.17, 15) is 18.0 Å². The van der Waals surface area contributed by atoms with Crippen LogP contribution < -0.4 is 11.1 Å². The van der Waals surface area contributed by atoms with E-state index < -0.39 is 17.0 Å². The molecule has 0 bridgehead atoms. The van der Waals surface area contributed by atoms with Crippen molar-refractivity contribution in [2.45, 2.75) is 23.9 Å². The predicted octanol–water partition coefficient (Wildman–Crippen LogP) is 3.99. The highest BCUT2D eigenvalue weighted by molar-refractivity contribution is 8.00. The number of carbonyl (C=O) groups is 1. The molecule has 2 atom stereocenters. The van der Waals surface area contributed by atoms with Crippen LogP contribution in [0.5, 0.6) is 0 Å². The first-order valence-electron chi connectivity index (χ1n) is 8.28. The lowest BCUT2D eigenvalue weighted by molar-refractivity contribution is -0.137. The Balaban J connectivity index is 1.90. The number of carbonyl (C=O) groups excluding carboxylic acids is 1. The molecule has 1 fully saturated rings. The summed E-state index contributed by atoms with van der Waals surface area (Å²) < 4.78 is 38.9. The average molecular weight is 380 g/mol. The lowest BCUT2D eigenvalue weighted by Gasteiger charge is -2.16. The molecule has 1 aliphatic heterocycles. The van der Waals surface area contributed by atoms with Crippen LogP contribution in [0.2, 0.25) is 0 Å². The quantitative estimate of drug-likeness (QED) is 0.847. The second-order valence-corrected chi connectivity index (χ2v) is 7.40. The van der Waals surface area contributed by atoms with E-state index in [0.29, 0.717) is 17.7 Å². The second-order valence-electron chi connectivity index (χ2n) is 6.18. The summed E-state index contributed by atoms with van der Waals surface area (Å²) in [6.07, 6.45) is -3.58. The number of amides is 1. The van der Waals surface area contributed by atoms with Gasteiger partial charge in [-0.1, -0.05) is 30.3 Å². The summed E-state index contributed by atoms with van der Waals surface area (Å²) in [5, 5.41) is 2.54. The average Bonchev–Trinajstić information content (AvgIpc) is 2.82. The van der Waals surface area contributed by atoms with Crippen LogP contribution in [0.4, 0.5) is 13.2 Å². The normalized spacial score (nSPS) is 21.2. The van der Waals surface area contributed by atoms with Gasteiger partial charge in [0.1, 0.15) is 5.25 Å². The maximum atomic E-state index is 13.0. The molecule has 7 heteroatoms. The molecule has 3 nitrogen and oxygen atoms in total. The van der Waals surface area contributed by atoms with E-state index in [1.54, 1.807) is 24.3 Å². The highest BCUT2D eigenvalue weighted by Gasteiger charge is 2.31. The molecule has 0 unspecified atom stereocenters. The first kappa shape index (κ1) is 18.8. The maximum Gasteiger partial charge on any atom is 0.416 e. The van der Waals surface area contributed by atoms with Gasteiger partial charge >= 0.3 is 6.18 Å². The largest absolute Gasteiger partial charge is 0.416 e. The van der Waals surface area contributed by atoms with E-state index in [4.69, 9.17) is 5.73 Å². The van der Waals surface area contributed by atoms with Gasteiger partial charge in [0, 0.05) is 12.6 Å². The zero-order valence-corrected chi connectivity index (χ0v) is 14.7. The van der Waals surface area contributed by atoms with E-state index in [0.717, 1.165) is 29.9 Å². The van der Waals surface area contributed by atoms with Gasteiger partial charge in [-0.3, -0.25) is 4.79 Å². The third kappa shape index (κ3) is 4.22. The van der Waals surface area contributed by atoms with Gasteiger partial charge in [0.2, 0.25) is 5.91 Å². The van der Waals surface area contributed by atoms with Gasteiger partial charge in [0.25, 0.3) is 0 Å². The number of nitrogens with one attached hydrogen (secondary N) is 1. The van der Waals surface area contributed by atoms with Gasteiger partial charge in [-0.2, -0.15) is 13.2 Å². The third-order valence-corrected chi connectivity index (χ3v) is 5.62. The lowest BCUT2D eigenvalue weighted by atomic mass is 9.99. The van der Waals surface area contributed by atoms with Crippen molar-refractivity contribution in [1.29, 1.82) is 0 Å². The summed E-state index contributed by atoms with van der Waals surface area (Å²) in [5.41, 5.74) is 6.87. The summed E-state index contributed by atoms with van der Waals surface area (Å²) in [6, 6.07) is 12.3. The Morgan fingerprint density at radius 1 is 1.12 bits per heavy atom. The molecule has 2 aromatic rings. The van der Waals surface area contributed by atoms with Crippen LogP contribution in [0.3, 0.4) is 0 Å². The Labute approximate surface area is 154 Å². The molecular formula is C19H19F3N2OS. The van der Waals surface area contributed by atoms with E-state index in [1.165, 1.54) is 17.8 Å². The maximum absolute atomic E-state index is 13.0. The number of thioether (sulfide) groups is 1. The molecule has 26 heavy (non-hydrogen) atoms. The molecule has 0 aromatic heterocycles. The number of halogens is 3. The molecule has 0 saturated carbocycles. The predicted molar refractivity (Wildman–Crippen MR) is 97.7 cm³/mol. The Morgan fingerprint density at radius 2 is 1.81 bits per heavy atom. The fraction of sp³-hybridized carbons (Fsp3) is 0.316. The van der Waals surface area contributed by atoms with Crippen molar-refractivity contribution in [2.75, 3.05) is 12.3 Å². The fourth-order valence-corrected chi connectivity index (χ4v) is 4.15. The van der Waals surface area contributed by atoms with Crippen molar-refractivity contribution >= 4 is 17.7 Å². The zero-order valence-electron chi connectivity index (χ0n) is 13.9. The zero-order chi connectivity index (χ0) is 18.7. The van der Waals surface area contributed by atoms with Gasteiger partial charge in [0.05, 0.1) is 5.56 Å². The van der Waals surface area contributed by atoms with Gasteiger partial charge in [-0.25, -0.2) is 0 Å². The number of nitrogens with two attached hydrogens (primary N) is 1. The van der Waals surface area contributed by atoms with Crippen LogP contribution >= 0.6 is 11.8 Å². The number of hydrogen-bond acceptors (Lipinski definition) is 3. The lowest BCUT2D eigenvalue weighted by Crippen LogP contribution is -2.40. The minimum atomic E-state index is -4.39. The molecule has 2 aromatic carbocycles. The third-order valence-electron chi connectivity index (χ3n) is 4.33. The summed E-state index contributed by atoms with van der Waals surface area (Å²) in [7, 11) is 0. The minimum absolute atomic E-state index is 0.0355. The van der Waals surface area contributed by atoms with Crippen LogP contribution in [0.15, 0.2) is 48.5 Å². The van der Waals surface area contributed by atoms with Gasteiger partial charge < -0.3 is 11.1 Å². The van der Waals surface area contributed by atoms with Crippen molar-refractivity contribution in [1.82, 2.24) is 5.32 Å². The molecule has 1 saturated heterocycles. The molecule has 1 aliphatic rings. The van der Waals surface area contributed by atoms with Crippen LogP contribution in [0.25, 0.3) is 11.1 Å². The van der Waals surface area contributed by atoms with Crippen molar-refractivity contribution in [3.05, 3.63) is 59.7 Å². The first-order chi connectivity index (χ1) is 12.4. The Bertz CT molecular complexity index is 794. The smallest absolute Gasteiger partial charge is 0.351 e. The van der Waals surface area contributed by atoms with Crippen LogP contribution in [0, 0.1) is 0 Å². The molecule has 0 radical (unpaired) electrons. The number of alkyl halides is 3. The molecule has 0 aliphatic carbocycles. The monoisotopic (exact) mass is 380 g/mol. The first-order valence-corrected chi connectivity index (χ1v) is 9.33. The number of rotatable bonds is 3. The van der Waals surface area contributed by atoms with Crippen LogP contribution in [-0.2, 0) is 11.0 Å². The van der Waals surface area contributed by atoms with E-state index >= 15 is 0 Å². The summed E-state index contributed by atoms with van der Waals surface area (Å²) in [5.74, 6) is 0.683. The molecular weight excluding hydrogens is 361 g/mol. The molecule has 1 heterocycles. The Hall–Kier alpha value is -1.99. The molecule has 3 N–H and O–H groups in total. The Kier molecular flexibility index (Phi) is 5.58. The van der Waals surface area contributed by atoms with Gasteiger partial charge in [-0.05, 0) is 47.1 Å². The van der Waals surface area contributed by atoms with Crippen molar-refractivity contribution in [3.8, 4) is 11.1 Å². The highest BCUT2D eigenvalue weighted by Crippen LogP contribution is 2.36. The molecule has 0 spiro atoms. The van der Waals surface area contributed by atoms with Crippen molar-refractivity contribution in [2.24, 2.45) is 5.73 Å². The Morgan fingerprint density at radius 3 is 2.50 bits per heavy atom. The molecule has 138 valence electrons. The minimum Gasteiger partial charge on any atom is -0.351 e. The molecule has 1 amide bonds. The van der Waals surface area contributed by atoms with Crippen molar-refractivity contribution < 1.29 is 18.0 Å². The summed E-state index contributed by atoms with van der Waals surface area (Å²) in [6.45, 7) is 0.392. The molecule has 3 rings (SSSR count).